The summed E-state index contributed by atoms with van der Waals surface area (Å²) in [5.74, 6) is 0.830. The Morgan fingerprint density at radius 1 is 1.47 bits per heavy atom. The van der Waals surface area contributed by atoms with Crippen molar-refractivity contribution in [3.05, 3.63) is 29.1 Å². The fourth-order valence-electron chi connectivity index (χ4n) is 2.34. The van der Waals surface area contributed by atoms with Crippen LogP contribution in [0.2, 0.25) is 0 Å². The molecular weight excluding hydrogens is 184 g/mol. The molecule has 1 aliphatic rings. The number of pyridine rings is 1. The van der Waals surface area contributed by atoms with Gasteiger partial charge in [0.15, 0.2) is 0 Å². The summed E-state index contributed by atoms with van der Waals surface area (Å²) in [6.07, 6.45) is 3.57. The normalized spacial score (nSPS) is 20.8. The van der Waals surface area contributed by atoms with E-state index in [0.717, 1.165) is 18.0 Å². The third kappa shape index (κ3) is 2.78. The first-order valence-electron chi connectivity index (χ1n) is 5.95. The molecule has 2 rings (SSSR count). The van der Waals surface area contributed by atoms with Crippen molar-refractivity contribution in [3.8, 4) is 0 Å². The zero-order chi connectivity index (χ0) is 10.7. The van der Waals surface area contributed by atoms with E-state index < -0.39 is 0 Å². The number of aromatic nitrogens is 1. The summed E-state index contributed by atoms with van der Waals surface area (Å²) in [4.78, 5) is 4.51. The van der Waals surface area contributed by atoms with Crippen LogP contribution in [-0.4, -0.2) is 18.1 Å². The number of nitrogens with zero attached hydrogens (tertiary/aromatic N) is 1. The molecule has 1 N–H and O–H groups in total. The van der Waals surface area contributed by atoms with Gasteiger partial charge in [-0.05, 0) is 62.9 Å². The minimum Gasteiger partial charge on any atom is -0.316 e. The summed E-state index contributed by atoms with van der Waals surface area (Å²) in [7, 11) is 0. The maximum absolute atomic E-state index is 4.51. The first-order chi connectivity index (χ1) is 7.28. The topological polar surface area (TPSA) is 24.9 Å². The Bertz CT molecular complexity index is 327. The highest BCUT2D eigenvalue weighted by atomic mass is 14.9. The van der Waals surface area contributed by atoms with Gasteiger partial charge in [0.2, 0.25) is 0 Å². The molecule has 0 bridgehead atoms. The zero-order valence-corrected chi connectivity index (χ0v) is 9.71. The van der Waals surface area contributed by atoms with E-state index in [1.165, 1.54) is 37.2 Å². The Kier molecular flexibility index (Phi) is 3.37. The van der Waals surface area contributed by atoms with Crippen molar-refractivity contribution in [1.82, 2.24) is 10.3 Å². The molecule has 1 aliphatic heterocycles. The van der Waals surface area contributed by atoms with Gasteiger partial charge in [0.25, 0.3) is 0 Å². The van der Waals surface area contributed by atoms with E-state index in [1.807, 2.05) is 0 Å². The average molecular weight is 204 g/mol. The summed E-state index contributed by atoms with van der Waals surface area (Å²) in [6.45, 7) is 6.64. The lowest BCUT2D eigenvalue weighted by molar-refractivity contribution is 0.579. The number of hydrogen-bond donors (Lipinski definition) is 1. The SMILES string of the molecule is CCc1cc(CC2CCNC2)cc(C)n1. The standard InChI is InChI=1S/C13H20N2/c1-3-13-8-12(6-10(2)15-13)7-11-4-5-14-9-11/h6,8,11,14H,3-5,7,9H2,1-2H3. The van der Waals surface area contributed by atoms with E-state index >= 15 is 0 Å². The van der Waals surface area contributed by atoms with Gasteiger partial charge in [0.1, 0.15) is 0 Å². The minimum atomic E-state index is 0.830. The molecule has 2 nitrogen and oxygen atoms in total. The quantitative estimate of drug-likeness (QED) is 0.815. The van der Waals surface area contributed by atoms with Gasteiger partial charge < -0.3 is 5.32 Å². The largest absolute Gasteiger partial charge is 0.316 e. The molecule has 1 fully saturated rings. The van der Waals surface area contributed by atoms with Crippen molar-refractivity contribution < 1.29 is 0 Å². The smallest absolute Gasteiger partial charge is 0.0406 e. The summed E-state index contributed by atoms with van der Waals surface area (Å²) in [5.41, 5.74) is 3.86. The van der Waals surface area contributed by atoms with Crippen LogP contribution in [0.25, 0.3) is 0 Å². The molecule has 0 saturated carbocycles. The van der Waals surface area contributed by atoms with Crippen LogP contribution in [0.1, 0.15) is 30.3 Å². The molecule has 1 unspecified atom stereocenters. The second-order valence-electron chi connectivity index (χ2n) is 4.52. The van der Waals surface area contributed by atoms with Gasteiger partial charge in [-0.3, -0.25) is 4.98 Å². The van der Waals surface area contributed by atoms with Crippen LogP contribution in [0, 0.1) is 12.8 Å². The van der Waals surface area contributed by atoms with Gasteiger partial charge in [-0.1, -0.05) is 6.92 Å². The molecule has 15 heavy (non-hydrogen) atoms. The lowest BCUT2D eigenvalue weighted by atomic mass is 9.98. The van der Waals surface area contributed by atoms with E-state index in [2.05, 4.69) is 36.3 Å². The van der Waals surface area contributed by atoms with Crippen molar-refractivity contribution >= 4 is 0 Å². The highest BCUT2D eigenvalue weighted by Gasteiger charge is 2.15. The van der Waals surface area contributed by atoms with Gasteiger partial charge in [0, 0.05) is 11.4 Å². The van der Waals surface area contributed by atoms with Gasteiger partial charge >= 0.3 is 0 Å². The highest BCUT2D eigenvalue weighted by Crippen LogP contribution is 2.16. The number of nitrogens with one attached hydrogen (secondary N) is 1. The predicted molar refractivity (Wildman–Crippen MR) is 63.0 cm³/mol. The number of aryl methyl sites for hydroxylation is 2. The van der Waals surface area contributed by atoms with Gasteiger partial charge in [-0.15, -0.1) is 0 Å². The molecule has 2 heteroatoms. The molecule has 0 aromatic carbocycles. The second kappa shape index (κ2) is 4.75. The Labute approximate surface area is 92.1 Å². The van der Waals surface area contributed by atoms with Crippen LogP contribution in [-0.2, 0) is 12.8 Å². The van der Waals surface area contributed by atoms with Crippen LogP contribution in [0.3, 0.4) is 0 Å². The molecule has 1 aromatic heterocycles. The fourth-order valence-corrected chi connectivity index (χ4v) is 2.34. The van der Waals surface area contributed by atoms with Gasteiger partial charge in [-0.25, -0.2) is 0 Å². The van der Waals surface area contributed by atoms with Crippen LogP contribution in [0.15, 0.2) is 12.1 Å². The number of hydrogen-bond acceptors (Lipinski definition) is 2. The van der Waals surface area contributed by atoms with Gasteiger partial charge in [-0.2, -0.15) is 0 Å². The van der Waals surface area contributed by atoms with Crippen LogP contribution in [0.5, 0.6) is 0 Å². The second-order valence-corrected chi connectivity index (χ2v) is 4.52. The van der Waals surface area contributed by atoms with E-state index in [9.17, 15) is 0 Å². The van der Waals surface area contributed by atoms with E-state index in [1.54, 1.807) is 0 Å². The molecule has 1 saturated heterocycles. The Morgan fingerprint density at radius 3 is 3.00 bits per heavy atom. The maximum atomic E-state index is 4.51. The van der Waals surface area contributed by atoms with Crippen molar-refractivity contribution in [1.29, 1.82) is 0 Å². The molecule has 1 atom stereocenters. The first-order valence-corrected chi connectivity index (χ1v) is 5.95. The van der Waals surface area contributed by atoms with E-state index in [4.69, 9.17) is 0 Å². The summed E-state index contributed by atoms with van der Waals surface area (Å²) in [5, 5.41) is 3.42. The third-order valence-electron chi connectivity index (χ3n) is 3.12. The molecule has 82 valence electrons. The van der Waals surface area contributed by atoms with E-state index in [-0.39, 0.29) is 0 Å². The predicted octanol–water partition coefficient (Wildman–Crippen LogP) is 2.10. The lowest BCUT2D eigenvalue weighted by Gasteiger charge is -2.10. The van der Waals surface area contributed by atoms with Crippen molar-refractivity contribution in [2.45, 2.75) is 33.1 Å². The Morgan fingerprint density at radius 2 is 2.33 bits per heavy atom. The van der Waals surface area contributed by atoms with Crippen molar-refractivity contribution in [3.63, 3.8) is 0 Å². The lowest BCUT2D eigenvalue weighted by Crippen LogP contribution is -2.11. The van der Waals surface area contributed by atoms with Gasteiger partial charge in [0.05, 0.1) is 0 Å². The molecule has 0 radical (unpaired) electrons. The summed E-state index contributed by atoms with van der Waals surface area (Å²) < 4.78 is 0. The third-order valence-corrected chi connectivity index (χ3v) is 3.12. The molecule has 0 spiro atoms. The first kappa shape index (κ1) is 10.6. The van der Waals surface area contributed by atoms with Crippen LogP contribution >= 0.6 is 0 Å². The Hall–Kier alpha value is -0.890. The Balaban J connectivity index is 2.09. The summed E-state index contributed by atoms with van der Waals surface area (Å²) >= 11 is 0. The maximum Gasteiger partial charge on any atom is 0.0406 e. The molecule has 2 heterocycles. The van der Waals surface area contributed by atoms with Crippen LogP contribution < -0.4 is 5.32 Å². The van der Waals surface area contributed by atoms with Crippen molar-refractivity contribution in [2.24, 2.45) is 5.92 Å². The fraction of sp³-hybridized carbons (Fsp3) is 0.615. The highest BCUT2D eigenvalue weighted by molar-refractivity contribution is 5.21. The molecular formula is C13H20N2. The van der Waals surface area contributed by atoms with Crippen molar-refractivity contribution in [2.75, 3.05) is 13.1 Å². The average Bonchev–Trinajstić information content (AvgIpc) is 2.69. The number of rotatable bonds is 3. The molecule has 1 aromatic rings. The minimum absolute atomic E-state index is 0.830. The van der Waals surface area contributed by atoms with Crippen LogP contribution in [0.4, 0.5) is 0 Å². The monoisotopic (exact) mass is 204 g/mol. The summed E-state index contributed by atoms with van der Waals surface area (Å²) in [6, 6.07) is 4.50. The molecule has 0 amide bonds. The molecule has 0 aliphatic carbocycles. The van der Waals surface area contributed by atoms with E-state index in [0.29, 0.717) is 0 Å². The zero-order valence-electron chi connectivity index (χ0n) is 9.71.